The normalized spacial score (nSPS) is 30.8. The van der Waals surface area contributed by atoms with Crippen LogP contribution in [0.4, 0.5) is 13.2 Å². The molecule has 3 aromatic carbocycles. The van der Waals surface area contributed by atoms with Gasteiger partial charge in [-0.3, -0.25) is 70.2 Å². The maximum Gasteiger partial charge on any atom is 1.00 e. The molecule has 10 heterocycles. The van der Waals surface area contributed by atoms with Crippen molar-refractivity contribution in [2.75, 3.05) is 37.1 Å². The largest absolute Gasteiger partial charge is 1.00 e. The Balaban J connectivity index is 0.000000164. The van der Waals surface area contributed by atoms with E-state index in [1.54, 1.807) is 75.4 Å². The predicted molar refractivity (Wildman–Crippen MR) is 460 cm³/mol. The first-order valence-electron chi connectivity index (χ1n) is 39.5. The van der Waals surface area contributed by atoms with Crippen LogP contribution in [-0.2, 0) is 59.6 Å². The summed E-state index contributed by atoms with van der Waals surface area (Å²) in [6.07, 6.45) is 7.77. The molecule has 4 saturated carbocycles. The third-order valence-electron chi connectivity index (χ3n) is 21.1. The Hall–Kier alpha value is -2.32. The average molecular weight is 2040 g/mol. The van der Waals surface area contributed by atoms with Crippen molar-refractivity contribution in [1.82, 2.24) is 28.7 Å². The number of phosphoric acid groups is 2. The Bertz CT molecular complexity index is 5230. The number of ether oxygens (including phenoxy) is 3. The number of aromatic nitrogens is 6. The number of para-hydroxylation sites is 3. The molecule has 17 rings (SSSR count). The van der Waals surface area contributed by atoms with Crippen LogP contribution in [0, 0.1) is 0 Å². The summed E-state index contributed by atoms with van der Waals surface area (Å²) >= 11 is 37.7. The monoisotopic (exact) mass is 2040 g/mol. The molecule has 0 radical (unpaired) electrons. The molecular formula is C75H94Cl6F3KN6O27P4S3. The Kier molecular flexibility index (Phi) is 37.2. The fourth-order valence-corrected chi connectivity index (χ4v) is 25.3. The Labute approximate surface area is 799 Å². The maximum absolute atomic E-state index is 16.2. The van der Waals surface area contributed by atoms with Crippen LogP contribution in [0.1, 0.15) is 161 Å². The van der Waals surface area contributed by atoms with Gasteiger partial charge in [0.2, 0.25) is 0 Å². The van der Waals surface area contributed by atoms with Crippen molar-refractivity contribution < 1.29 is 163 Å². The first-order valence-corrected chi connectivity index (χ1v) is 52.4. The molecule has 0 bridgehead atoms. The van der Waals surface area contributed by atoms with Crippen LogP contribution in [0.2, 0.25) is 15.1 Å². The van der Waals surface area contributed by atoms with Crippen LogP contribution in [-0.4, -0.2) is 166 Å². The van der Waals surface area contributed by atoms with E-state index >= 15 is 8.78 Å². The van der Waals surface area contributed by atoms with Gasteiger partial charge < -0.3 is 53.3 Å². The van der Waals surface area contributed by atoms with Gasteiger partial charge in [-0.05, 0) is 124 Å². The van der Waals surface area contributed by atoms with Gasteiger partial charge in [0.1, 0.15) is 55.4 Å². The number of fused-ring (bicyclic) bond motifs is 2. The first kappa shape index (κ1) is 105. The topological polar surface area (TPSA) is 448 Å². The first-order chi connectivity index (χ1) is 58.4. The molecule has 6 aromatic rings. The van der Waals surface area contributed by atoms with Crippen molar-refractivity contribution in [3.05, 3.63) is 187 Å². The van der Waals surface area contributed by atoms with Crippen LogP contribution in [0.5, 0.6) is 17.2 Å². The fraction of sp³-hybridized carbons (Fsp3) is 0.600. The third-order valence-corrected chi connectivity index (χ3v) is 31.9. The molecular weight excluding hydrogens is 1950 g/mol. The molecule has 3 unspecified atom stereocenters. The molecule has 7 saturated heterocycles. The van der Waals surface area contributed by atoms with Crippen molar-refractivity contribution in [3.63, 3.8) is 0 Å². The van der Waals surface area contributed by atoms with E-state index in [0.717, 1.165) is 103 Å². The molecule has 0 amide bonds. The van der Waals surface area contributed by atoms with E-state index in [1.807, 2.05) is 0 Å². The van der Waals surface area contributed by atoms with Crippen LogP contribution in [0.3, 0.4) is 0 Å². The number of H-pyrrole nitrogens is 3. The Morgan fingerprint density at radius 2 is 0.904 bits per heavy atom. The fourth-order valence-electron chi connectivity index (χ4n) is 15.0. The number of hydrogen-bond acceptors (Lipinski definition) is 30. The molecule has 11 aliphatic rings. The zero-order valence-corrected chi connectivity index (χ0v) is 81.5. The van der Waals surface area contributed by atoms with Crippen LogP contribution in [0.15, 0.2) is 138 Å². The Morgan fingerprint density at radius 3 is 1.27 bits per heavy atom. The number of aliphatic hydroxyl groups excluding tert-OH is 4. The molecule has 3 spiro atoms. The van der Waals surface area contributed by atoms with Gasteiger partial charge in [-0.25, -0.2) is 45.8 Å². The summed E-state index contributed by atoms with van der Waals surface area (Å²) < 4.78 is 160. The molecule has 4 aliphatic carbocycles. The van der Waals surface area contributed by atoms with Crippen molar-refractivity contribution in [2.45, 2.75) is 242 Å². The van der Waals surface area contributed by atoms with Gasteiger partial charge in [-0.2, -0.15) is 0 Å². The molecule has 11 fully saturated rings. The smallest absolute Gasteiger partial charge is 0.850 e. The molecule has 33 nitrogen and oxygen atoms in total. The quantitative estimate of drug-likeness (QED) is 0.0292. The number of aliphatic hydroxyl groups is 4. The summed E-state index contributed by atoms with van der Waals surface area (Å²) in [5.74, 6) is -5.31. The number of thioether (sulfide) groups is 3. The summed E-state index contributed by atoms with van der Waals surface area (Å²) in [6.45, 7) is -1.33. The van der Waals surface area contributed by atoms with Gasteiger partial charge in [0, 0.05) is 70.5 Å². The van der Waals surface area contributed by atoms with Crippen molar-refractivity contribution in [1.29, 1.82) is 0 Å². The number of nitrogens with zero attached hydrogens (tertiary/aromatic N) is 3. The maximum atomic E-state index is 16.2. The van der Waals surface area contributed by atoms with E-state index in [0.29, 0.717) is 59.4 Å². The number of benzene rings is 3. The number of nitrogens with one attached hydrogen (secondary N) is 3. The molecule has 7 N–H and O–H groups in total. The minimum Gasteiger partial charge on any atom is -0.850 e. The SMILES string of the molecule is CC(C)(C)[O-].O=P(Cl)(Cl)Oc1ccccc1Cl.O=P(Cl)(Oc1ccccc1Cl)OC1CCCC1.O=c1ccn([C@@H]2O[C@](F)(CO)[C@@H](O)[C@]23CCS3)c(=O)[nH]1.O=c1ccn([C@@H]2O[C@](F)(COP(=O)(Oc3ccccc3Cl)OC3CCCC3)[C@@H](O)[C@]23CCS3)c(=O)[nH]1.O=c1ccn([C@@H]2O[C@]3(F)COP(=O)(OC4CCCC4)O[C@H]3[C@]23CCS3)c(=O)[nH]1.OC1CCCC1.[K+]. The third kappa shape index (κ3) is 26.9. The van der Waals surface area contributed by atoms with Gasteiger partial charge in [0.25, 0.3) is 34.2 Å². The predicted octanol–water partition coefficient (Wildman–Crippen LogP) is 12.2. The summed E-state index contributed by atoms with van der Waals surface area (Å²) in [5.41, 5.74) is -4.78. The van der Waals surface area contributed by atoms with Gasteiger partial charge in [-0.15, -0.1) is 40.9 Å². The second-order valence-electron chi connectivity index (χ2n) is 31.4. The molecule has 15 atom stereocenters. The summed E-state index contributed by atoms with van der Waals surface area (Å²) in [6, 6.07) is 22.9. The zero-order valence-electron chi connectivity index (χ0n) is 67.8. The number of phosphoric ester groups is 2. The zero-order chi connectivity index (χ0) is 90.1. The number of aromatic amines is 3. The number of alkyl halides is 3. The van der Waals surface area contributed by atoms with E-state index in [2.05, 4.69) is 19.5 Å². The molecule has 7 aliphatic heterocycles. The molecule has 50 heteroatoms. The number of hydrogen-bond donors (Lipinski definition) is 7. The molecule has 3 aromatic heterocycles. The van der Waals surface area contributed by atoms with Crippen molar-refractivity contribution >= 4 is 132 Å². The molecule has 688 valence electrons. The van der Waals surface area contributed by atoms with Crippen LogP contribution >= 0.6 is 132 Å². The van der Waals surface area contributed by atoms with Gasteiger partial charge in [-0.1, -0.05) is 143 Å². The summed E-state index contributed by atoms with van der Waals surface area (Å²) in [5, 5.41) is 49.9. The van der Waals surface area contributed by atoms with Gasteiger partial charge in [0.05, 0.1) is 53.7 Å². The number of rotatable bonds is 19. The van der Waals surface area contributed by atoms with E-state index in [9.17, 15) is 66.7 Å². The van der Waals surface area contributed by atoms with Gasteiger partial charge >= 0.3 is 97.1 Å². The average Bonchev–Trinajstić information content (AvgIpc) is 1.57. The van der Waals surface area contributed by atoms with E-state index < -0.39 is 163 Å². The second kappa shape index (κ2) is 44.4. The minimum absolute atomic E-state index is 0. The summed E-state index contributed by atoms with van der Waals surface area (Å²) in [4.78, 5) is 76.7. The van der Waals surface area contributed by atoms with E-state index in [1.165, 1.54) is 91.0 Å². The van der Waals surface area contributed by atoms with E-state index in [-0.39, 0.29) is 92.0 Å². The standard InChI is InChI=1S/C22H25ClFN2O8PS.C16H20FN2O7PS.C11H13Cl2O3P.C11H13FN2O5S.C6H4Cl3O2P.C5H10O.C4H9O.K/c23-15-7-3-4-8-16(15)34-35(30,33-14-5-1-2-6-14)31-13-22(24)18(28)21(10-12-36-21)19(32-22)26-11-9-17(27)25-20(26)29;17-16-9-23-27(22,25-10-3-1-2-4-10)26-12(16)15(6-8-28-15)13(24-16)19-7-5-11(20)18-14(19)21;12-10-7-3-4-8-11(10)16-17(13,14)15-9-5-1-2-6-9;12-11(5-15)7(17)10(2-4-20-10)8(19-11)14-3-1-6(16)13-9(14)18;7-5-3-1-2-4-6(5)11-12(8,9)10;6-5-3-1-2-4-5;1-4(2,3)5;/h3-4,7-9,11,14,18-19,28H,1-2,5-6,10,12-13H2,(H,25,27,29);5,7,10,12-13H,1-4,6,8-9H2,(H,18,20,21);3-4,7-9H,1-2,5-6H2;1,3,7-8,15,17H,2,4-5H2,(H,13,16,18);1-4H;5-6H,1-4H2;1-3H3;/q;;;;;;-1;+1/t18-,19+,21+,22+,35?;12-,13+,15+,16+,27?;;7-,8+,10+,11+;;;;/m00.0..../s1. The molecule has 125 heavy (non-hydrogen) atoms. The van der Waals surface area contributed by atoms with Crippen LogP contribution in [0.25, 0.3) is 0 Å². The van der Waals surface area contributed by atoms with Crippen molar-refractivity contribution in [2.24, 2.45) is 0 Å². The van der Waals surface area contributed by atoms with Crippen LogP contribution < -0.4 is 104 Å². The number of halogens is 9. The van der Waals surface area contributed by atoms with E-state index in [4.69, 9.17) is 129 Å². The van der Waals surface area contributed by atoms with Crippen molar-refractivity contribution in [3.8, 4) is 17.2 Å². The minimum atomic E-state index is -4.42. The van der Waals surface area contributed by atoms with Gasteiger partial charge in [0.15, 0.2) is 18.7 Å². The second-order valence-corrected chi connectivity index (χ2v) is 46.8. The summed E-state index contributed by atoms with van der Waals surface area (Å²) in [7, 11) is -8.37. The Morgan fingerprint density at radius 1 is 0.544 bits per heavy atom.